The number of benzene rings is 3. The summed E-state index contributed by atoms with van der Waals surface area (Å²) in [5.41, 5.74) is 0.0453. The highest BCUT2D eigenvalue weighted by molar-refractivity contribution is 5.92. The number of ether oxygens (including phenoxy) is 3. The van der Waals surface area contributed by atoms with Crippen LogP contribution in [0.3, 0.4) is 0 Å². The van der Waals surface area contributed by atoms with Crippen molar-refractivity contribution in [2.45, 2.75) is 26.1 Å². The first-order valence-electron chi connectivity index (χ1n) is 12.7. The van der Waals surface area contributed by atoms with Crippen molar-refractivity contribution in [1.29, 1.82) is 5.26 Å². The van der Waals surface area contributed by atoms with Gasteiger partial charge in [-0.05, 0) is 66.1 Å². The highest BCUT2D eigenvalue weighted by Gasteiger charge is 2.34. The van der Waals surface area contributed by atoms with Crippen LogP contribution in [0.2, 0.25) is 0 Å². The zero-order valence-electron chi connectivity index (χ0n) is 22.6. The summed E-state index contributed by atoms with van der Waals surface area (Å²) in [5, 5.41) is 11.2. The third-order valence-electron chi connectivity index (χ3n) is 6.12. The number of halogens is 4. The monoisotopic (exact) mass is 579 g/mol. The zero-order chi connectivity index (χ0) is 30.3. The Morgan fingerprint density at radius 3 is 2.40 bits per heavy atom. The lowest BCUT2D eigenvalue weighted by Crippen LogP contribution is -2.16. The first kappa shape index (κ1) is 29.9. The second-order valence-electron chi connectivity index (χ2n) is 9.00. The molecule has 0 aliphatic rings. The van der Waals surface area contributed by atoms with E-state index in [1.165, 1.54) is 30.5 Å². The standard InChI is InChI=1S/C31H25F4N3O4/c1-3-41-28-13-23(17-37-30(28)42-18-19-4-10-25(40-2)11-5-19)20-6-7-21(27(32)12-20)14-29(39)38-24-9-8-22(16-36)26(15-24)31(33,34)35/h4-13,15,17H,3,14,18H2,1-2H3,(H,38,39). The van der Waals surface area contributed by atoms with Gasteiger partial charge in [-0.2, -0.15) is 18.4 Å². The summed E-state index contributed by atoms with van der Waals surface area (Å²) >= 11 is 0. The number of pyridine rings is 1. The summed E-state index contributed by atoms with van der Waals surface area (Å²) in [4.78, 5) is 16.8. The van der Waals surface area contributed by atoms with E-state index in [4.69, 9.17) is 19.5 Å². The van der Waals surface area contributed by atoms with Crippen LogP contribution in [0, 0.1) is 17.1 Å². The van der Waals surface area contributed by atoms with Gasteiger partial charge in [0.2, 0.25) is 5.91 Å². The predicted octanol–water partition coefficient (Wildman–Crippen LogP) is 6.95. The second-order valence-corrected chi connectivity index (χ2v) is 9.00. The topological polar surface area (TPSA) is 93.5 Å². The molecule has 1 heterocycles. The van der Waals surface area contributed by atoms with E-state index in [-0.39, 0.29) is 23.7 Å². The average Bonchev–Trinajstić information content (AvgIpc) is 2.97. The molecule has 0 fully saturated rings. The molecule has 0 unspecified atom stereocenters. The van der Waals surface area contributed by atoms with E-state index >= 15 is 0 Å². The number of nitrogens with zero attached hydrogens (tertiary/aromatic N) is 2. The maximum absolute atomic E-state index is 15.0. The molecule has 0 saturated carbocycles. The second kappa shape index (κ2) is 13.0. The first-order valence-corrected chi connectivity index (χ1v) is 12.7. The summed E-state index contributed by atoms with van der Waals surface area (Å²) < 4.78 is 71.3. The van der Waals surface area contributed by atoms with E-state index in [9.17, 15) is 22.4 Å². The number of amides is 1. The van der Waals surface area contributed by atoms with Crippen molar-refractivity contribution in [3.63, 3.8) is 0 Å². The number of anilines is 1. The molecule has 0 atom stereocenters. The van der Waals surface area contributed by atoms with Gasteiger partial charge in [-0.1, -0.05) is 24.3 Å². The number of alkyl halides is 3. The summed E-state index contributed by atoms with van der Waals surface area (Å²) in [6.45, 7) is 2.39. The van der Waals surface area contributed by atoms with Crippen LogP contribution in [0.25, 0.3) is 11.1 Å². The van der Waals surface area contributed by atoms with Crippen molar-refractivity contribution in [2.24, 2.45) is 0 Å². The lowest BCUT2D eigenvalue weighted by Gasteiger charge is -2.13. The SMILES string of the molecule is CCOc1cc(-c2ccc(CC(=O)Nc3ccc(C#N)c(C(F)(F)F)c3)c(F)c2)cnc1OCc1ccc(OC)cc1. The number of nitrogens with one attached hydrogen (secondary N) is 1. The van der Waals surface area contributed by atoms with Gasteiger partial charge < -0.3 is 19.5 Å². The van der Waals surface area contributed by atoms with Crippen LogP contribution in [0.5, 0.6) is 17.4 Å². The van der Waals surface area contributed by atoms with Gasteiger partial charge in [0.1, 0.15) is 18.2 Å². The van der Waals surface area contributed by atoms with Gasteiger partial charge in [-0.3, -0.25) is 4.79 Å². The molecular formula is C31H25F4N3O4. The molecule has 0 aliphatic heterocycles. The van der Waals surface area contributed by atoms with E-state index in [0.717, 1.165) is 17.4 Å². The van der Waals surface area contributed by atoms with E-state index in [1.807, 2.05) is 24.3 Å². The van der Waals surface area contributed by atoms with E-state index in [0.29, 0.717) is 29.5 Å². The van der Waals surface area contributed by atoms with Crippen molar-refractivity contribution < 1.29 is 36.6 Å². The van der Waals surface area contributed by atoms with Gasteiger partial charge in [-0.15, -0.1) is 0 Å². The quantitative estimate of drug-likeness (QED) is 0.205. The minimum atomic E-state index is -4.77. The van der Waals surface area contributed by atoms with E-state index < -0.39 is 35.4 Å². The molecular weight excluding hydrogens is 554 g/mol. The van der Waals surface area contributed by atoms with Crippen LogP contribution in [0.1, 0.15) is 29.2 Å². The highest BCUT2D eigenvalue weighted by Crippen LogP contribution is 2.34. The maximum Gasteiger partial charge on any atom is 0.417 e. The molecule has 0 bridgehead atoms. The fourth-order valence-electron chi connectivity index (χ4n) is 4.03. The minimum Gasteiger partial charge on any atom is -0.497 e. The van der Waals surface area contributed by atoms with Crippen LogP contribution < -0.4 is 19.5 Å². The molecule has 0 saturated heterocycles. The van der Waals surface area contributed by atoms with Crippen LogP contribution in [0.4, 0.5) is 23.2 Å². The Bertz CT molecular complexity index is 1620. The molecule has 0 radical (unpaired) electrons. The van der Waals surface area contributed by atoms with Gasteiger partial charge in [0, 0.05) is 17.4 Å². The largest absolute Gasteiger partial charge is 0.497 e. The summed E-state index contributed by atoms with van der Waals surface area (Å²) in [6.07, 6.45) is -3.68. The molecule has 42 heavy (non-hydrogen) atoms. The predicted molar refractivity (Wildman–Crippen MR) is 147 cm³/mol. The van der Waals surface area contributed by atoms with Crippen LogP contribution in [-0.4, -0.2) is 24.6 Å². The highest BCUT2D eigenvalue weighted by atomic mass is 19.4. The molecule has 0 aliphatic carbocycles. The molecule has 7 nitrogen and oxygen atoms in total. The van der Waals surface area contributed by atoms with E-state index in [1.54, 1.807) is 26.2 Å². The number of rotatable bonds is 10. The Morgan fingerprint density at radius 1 is 1.00 bits per heavy atom. The molecule has 3 aromatic carbocycles. The third-order valence-corrected chi connectivity index (χ3v) is 6.12. The number of carbonyl (C=O) groups is 1. The van der Waals surface area contributed by atoms with Crippen molar-refractivity contribution in [3.8, 4) is 34.6 Å². The van der Waals surface area contributed by atoms with Gasteiger partial charge >= 0.3 is 6.18 Å². The average molecular weight is 580 g/mol. The molecule has 4 aromatic rings. The summed E-state index contributed by atoms with van der Waals surface area (Å²) in [7, 11) is 1.58. The Morgan fingerprint density at radius 2 is 1.76 bits per heavy atom. The molecule has 1 N–H and O–H groups in total. The van der Waals surface area contributed by atoms with Crippen LogP contribution >= 0.6 is 0 Å². The van der Waals surface area contributed by atoms with Gasteiger partial charge in [0.15, 0.2) is 5.75 Å². The molecule has 1 aromatic heterocycles. The number of nitriles is 1. The molecule has 0 spiro atoms. The molecule has 1 amide bonds. The Labute approximate surface area is 239 Å². The van der Waals surface area contributed by atoms with Gasteiger partial charge in [-0.25, -0.2) is 9.37 Å². The number of methoxy groups -OCH3 is 1. The van der Waals surface area contributed by atoms with Crippen LogP contribution in [0.15, 0.2) is 72.9 Å². The molecule has 4 rings (SSSR count). The van der Waals surface area contributed by atoms with Crippen molar-refractivity contribution >= 4 is 11.6 Å². The number of hydrogen-bond donors (Lipinski definition) is 1. The number of hydrogen-bond acceptors (Lipinski definition) is 6. The van der Waals surface area contributed by atoms with Crippen molar-refractivity contribution in [2.75, 3.05) is 19.0 Å². The third kappa shape index (κ3) is 7.34. The summed E-state index contributed by atoms with van der Waals surface area (Å²) in [5.74, 6) is -0.0509. The zero-order valence-corrected chi connectivity index (χ0v) is 22.6. The van der Waals surface area contributed by atoms with Crippen molar-refractivity contribution in [1.82, 2.24) is 4.98 Å². The fourth-order valence-corrected chi connectivity index (χ4v) is 4.03. The number of aromatic nitrogens is 1. The summed E-state index contributed by atoms with van der Waals surface area (Å²) in [6, 6.07) is 17.6. The smallest absolute Gasteiger partial charge is 0.417 e. The first-order chi connectivity index (χ1) is 20.1. The molecule has 11 heteroatoms. The van der Waals surface area contributed by atoms with Gasteiger partial charge in [0.25, 0.3) is 5.88 Å². The fraction of sp³-hybridized carbons (Fsp3) is 0.194. The van der Waals surface area contributed by atoms with Gasteiger partial charge in [0.05, 0.1) is 37.3 Å². The normalized spacial score (nSPS) is 11.0. The van der Waals surface area contributed by atoms with Crippen molar-refractivity contribution in [3.05, 3.63) is 101 Å². The molecule has 216 valence electrons. The minimum absolute atomic E-state index is 0.0402. The number of carbonyl (C=O) groups excluding carboxylic acids is 1. The maximum atomic E-state index is 15.0. The lowest BCUT2D eigenvalue weighted by atomic mass is 10.0. The lowest BCUT2D eigenvalue weighted by molar-refractivity contribution is -0.137. The van der Waals surface area contributed by atoms with E-state index in [2.05, 4.69) is 10.3 Å². The Balaban J connectivity index is 1.46. The van der Waals surface area contributed by atoms with Crippen LogP contribution in [-0.2, 0) is 24.0 Å². The Kier molecular flexibility index (Phi) is 9.27. The Hall–Kier alpha value is -5.11.